The third-order valence-electron chi connectivity index (χ3n) is 12.5. The fourth-order valence-electron chi connectivity index (χ4n) is 9.88. The van der Waals surface area contributed by atoms with Crippen molar-refractivity contribution >= 4 is 17.9 Å². The zero-order valence-electron chi connectivity index (χ0n) is 26.5. The summed E-state index contributed by atoms with van der Waals surface area (Å²) in [6.45, 7) is 8.77. The van der Waals surface area contributed by atoms with Crippen LogP contribution >= 0.6 is 0 Å². The van der Waals surface area contributed by atoms with Gasteiger partial charge in [0.15, 0.2) is 11.7 Å². The van der Waals surface area contributed by atoms with Gasteiger partial charge in [-0.2, -0.15) is 0 Å². The van der Waals surface area contributed by atoms with Gasteiger partial charge in [-0.15, -0.1) is 0 Å². The summed E-state index contributed by atoms with van der Waals surface area (Å²) in [5.74, 6) is -1.86. The highest BCUT2D eigenvalue weighted by Gasteiger charge is 3.01. The first-order valence-corrected chi connectivity index (χ1v) is 16.2. The molecule has 6 fully saturated rings. The van der Waals surface area contributed by atoms with Gasteiger partial charge >= 0.3 is 17.9 Å². The third-order valence-corrected chi connectivity index (χ3v) is 12.5. The second-order valence-corrected chi connectivity index (χ2v) is 15.5. The average molecular weight is 651 g/mol. The molecule has 2 spiro atoms. The zero-order valence-corrected chi connectivity index (χ0v) is 26.5. The second-order valence-electron chi connectivity index (χ2n) is 15.5. The van der Waals surface area contributed by atoms with Gasteiger partial charge in [-0.1, -0.05) is 20.8 Å². The Hall–Kier alpha value is -2.17. The molecule has 46 heavy (non-hydrogen) atoms. The van der Waals surface area contributed by atoms with E-state index in [4.69, 9.17) is 33.2 Å². The average Bonchev–Trinajstić information content (AvgIpc) is 3.91. The zero-order chi connectivity index (χ0) is 32.9. The number of rotatable bonds is 7. The van der Waals surface area contributed by atoms with E-state index in [1.54, 1.807) is 0 Å². The number of hydrogen-bond donors (Lipinski definition) is 4. The van der Waals surface area contributed by atoms with Crippen LogP contribution in [0.1, 0.15) is 60.3 Å². The van der Waals surface area contributed by atoms with Gasteiger partial charge in [0.1, 0.15) is 54.4 Å². The molecule has 0 aromatic heterocycles. The van der Waals surface area contributed by atoms with Crippen LogP contribution in [0, 0.1) is 22.7 Å². The molecule has 8 aliphatic rings. The Kier molecular flexibility index (Phi) is 6.43. The highest BCUT2D eigenvalue weighted by Crippen LogP contribution is 2.83. The molecule has 0 amide bonds. The van der Waals surface area contributed by atoms with Crippen LogP contribution < -0.4 is 0 Å². The molecule has 0 aromatic carbocycles. The maximum absolute atomic E-state index is 13.8. The predicted octanol–water partition coefficient (Wildman–Crippen LogP) is -0.587. The number of ether oxygens (including phenoxy) is 7. The Morgan fingerprint density at radius 3 is 2.48 bits per heavy atom. The molecule has 0 aromatic rings. The Balaban J connectivity index is 1.04. The van der Waals surface area contributed by atoms with Crippen LogP contribution in [0.3, 0.4) is 0 Å². The van der Waals surface area contributed by atoms with Crippen LogP contribution in [-0.2, 0) is 47.5 Å². The second kappa shape index (κ2) is 9.50. The van der Waals surface area contributed by atoms with Gasteiger partial charge in [0.25, 0.3) is 0 Å². The minimum atomic E-state index is -1.77. The number of aliphatic hydroxyl groups excluding tert-OH is 4. The van der Waals surface area contributed by atoms with E-state index in [-0.39, 0.29) is 42.7 Å². The number of carbonyl (C=O) groups is 3. The summed E-state index contributed by atoms with van der Waals surface area (Å²) < 4.78 is 42.2. The summed E-state index contributed by atoms with van der Waals surface area (Å²) in [5, 5.41) is 39.9. The summed E-state index contributed by atoms with van der Waals surface area (Å²) in [4.78, 5) is 39.5. The molecular weight excluding hydrogens is 608 g/mol. The molecule has 254 valence electrons. The minimum absolute atomic E-state index is 0.0195. The maximum Gasteiger partial charge on any atom is 0.334 e. The molecule has 0 bridgehead atoms. The molecule has 14 nitrogen and oxygen atoms in total. The molecule has 2 saturated carbocycles. The summed E-state index contributed by atoms with van der Waals surface area (Å²) in [6.07, 6.45) is -8.18. The van der Waals surface area contributed by atoms with Crippen molar-refractivity contribution in [2.45, 2.75) is 132 Å². The molecule has 5 heterocycles. The first-order valence-electron chi connectivity index (χ1n) is 16.2. The maximum atomic E-state index is 13.8. The van der Waals surface area contributed by atoms with E-state index in [2.05, 4.69) is 6.92 Å². The first-order chi connectivity index (χ1) is 21.6. The standard InChI is InChI=1S/C32H42O14/c1-12(2)30-22(45-30)23-32(46-23)29(5)7-6-13-14(11-40-24(13)38)15(29)8-17-31(32,44-17)26(30)42-18(34)9-28(3,4)27(39)43-25-21(37)20(36)19(35)16(10-33)41-25/h12,15-17,19-23,25-26,33,35-37H,6-11H2,1-5H3/t15-,16?,17-,19+,20-,21?,22-,23-,25?,26+,29-,30-,31+,32+/m0/s1. The summed E-state index contributed by atoms with van der Waals surface area (Å²) >= 11 is 0. The van der Waals surface area contributed by atoms with E-state index in [0.29, 0.717) is 19.3 Å². The highest BCUT2D eigenvalue weighted by atomic mass is 16.8. The smallest absolute Gasteiger partial charge is 0.334 e. The van der Waals surface area contributed by atoms with Crippen molar-refractivity contribution in [3.63, 3.8) is 0 Å². The van der Waals surface area contributed by atoms with Crippen LogP contribution in [0.5, 0.6) is 0 Å². The normalized spacial score (nSPS) is 51.0. The molecule has 3 aliphatic carbocycles. The summed E-state index contributed by atoms with van der Waals surface area (Å²) in [5.41, 5.74) is -2.63. The van der Waals surface area contributed by atoms with Crippen LogP contribution in [0.4, 0.5) is 0 Å². The molecule has 4 N–H and O–H groups in total. The lowest BCUT2D eigenvalue weighted by molar-refractivity contribution is -0.295. The van der Waals surface area contributed by atoms with Crippen molar-refractivity contribution < 1.29 is 68.0 Å². The van der Waals surface area contributed by atoms with E-state index in [9.17, 15) is 34.8 Å². The molecule has 8 rings (SSSR count). The van der Waals surface area contributed by atoms with Gasteiger partial charge in [0, 0.05) is 11.0 Å². The molecule has 14 heteroatoms. The summed E-state index contributed by atoms with van der Waals surface area (Å²) in [7, 11) is 0. The fourth-order valence-corrected chi connectivity index (χ4v) is 9.88. The first kappa shape index (κ1) is 31.1. The predicted molar refractivity (Wildman–Crippen MR) is 149 cm³/mol. The van der Waals surface area contributed by atoms with Crippen molar-refractivity contribution in [1.29, 1.82) is 0 Å². The summed E-state index contributed by atoms with van der Waals surface area (Å²) in [6, 6.07) is 0. The van der Waals surface area contributed by atoms with Gasteiger partial charge in [-0.3, -0.25) is 9.59 Å². The number of aliphatic hydroxyl groups is 4. The minimum Gasteiger partial charge on any atom is -0.458 e. The van der Waals surface area contributed by atoms with E-state index in [1.807, 2.05) is 13.8 Å². The van der Waals surface area contributed by atoms with Crippen LogP contribution in [0.2, 0.25) is 0 Å². The van der Waals surface area contributed by atoms with Gasteiger partial charge < -0.3 is 53.6 Å². The van der Waals surface area contributed by atoms with Crippen molar-refractivity contribution in [3.05, 3.63) is 11.1 Å². The number of epoxide rings is 3. The van der Waals surface area contributed by atoms with Gasteiger partial charge in [0.05, 0.1) is 24.5 Å². The van der Waals surface area contributed by atoms with Crippen molar-refractivity contribution in [3.8, 4) is 0 Å². The largest absolute Gasteiger partial charge is 0.458 e. The molecule has 0 radical (unpaired) electrons. The van der Waals surface area contributed by atoms with E-state index >= 15 is 0 Å². The number of cyclic esters (lactones) is 1. The SMILES string of the molecule is CC(C)[C@]12O[C@H]1[C@@H]1O[C@]13[C@]1(O[C@H]1C[C@H]1C4=C(CC[C@@]13C)C(=O)OC4)[C@@H]2OC(=O)CC(C)(C)C(=O)OC1OC(CO)[C@@H](O)[C@H](O)C1O. The van der Waals surface area contributed by atoms with E-state index < -0.39 is 89.4 Å². The Morgan fingerprint density at radius 1 is 1.04 bits per heavy atom. The van der Waals surface area contributed by atoms with Gasteiger partial charge in [-0.25, -0.2) is 4.79 Å². The molecule has 5 aliphatic heterocycles. The van der Waals surface area contributed by atoms with Crippen molar-refractivity contribution in [2.24, 2.45) is 22.7 Å². The monoisotopic (exact) mass is 650 g/mol. The Morgan fingerprint density at radius 2 is 1.78 bits per heavy atom. The van der Waals surface area contributed by atoms with Crippen LogP contribution in [0.15, 0.2) is 11.1 Å². The number of carbonyl (C=O) groups excluding carboxylic acids is 3. The third kappa shape index (κ3) is 3.62. The molecule has 3 unspecified atom stereocenters. The lowest BCUT2D eigenvalue weighted by atomic mass is 9.46. The lowest BCUT2D eigenvalue weighted by Gasteiger charge is -2.53. The Bertz CT molecular complexity index is 1420. The van der Waals surface area contributed by atoms with Gasteiger partial charge in [-0.05, 0) is 50.5 Å². The van der Waals surface area contributed by atoms with Crippen LogP contribution in [-0.4, -0.2) is 123 Å². The van der Waals surface area contributed by atoms with E-state index in [0.717, 1.165) is 11.1 Å². The number of esters is 3. The van der Waals surface area contributed by atoms with Crippen LogP contribution in [0.25, 0.3) is 0 Å². The number of hydrogen-bond acceptors (Lipinski definition) is 14. The van der Waals surface area contributed by atoms with Crippen molar-refractivity contribution in [2.75, 3.05) is 13.2 Å². The molecular formula is C32H42O14. The Labute approximate surface area is 265 Å². The molecule has 4 saturated heterocycles. The fraction of sp³-hybridized carbons (Fsp3) is 0.844. The topological polar surface area (TPSA) is 207 Å². The quantitative estimate of drug-likeness (QED) is 0.154. The van der Waals surface area contributed by atoms with Crippen molar-refractivity contribution in [1.82, 2.24) is 0 Å². The molecule has 14 atom stereocenters. The van der Waals surface area contributed by atoms with Gasteiger partial charge in [0.2, 0.25) is 6.29 Å². The highest BCUT2D eigenvalue weighted by molar-refractivity contribution is 5.92. The number of fused-ring (bicyclic) bond motifs is 4. The van der Waals surface area contributed by atoms with E-state index in [1.165, 1.54) is 13.8 Å². The lowest BCUT2D eigenvalue weighted by Crippen LogP contribution is -2.70.